The van der Waals surface area contributed by atoms with E-state index in [2.05, 4.69) is 29.0 Å². The van der Waals surface area contributed by atoms with Gasteiger partial charge in [0, 0.05) is 19.8 Å². The van der Waals surface area contributed by atoms with Crippen LogP contribution in [0, 0.1) is 0 Å². The normalized spacial score (nSPS) is 10.1. The van der Waals surface area contributed by atoms with Gasteiger partial charge in [0.2, 0.25) is 0 Å². The molecule has 0 aliphatic rings. The van der Waals surface area contributed by atoms with Crippen molar-refractivity contribution >= 4 is 11.9 Å². The molecule has 4 aromatic carbocycles. The first-order valence-corrected chi connectivity index (χ1v) is 15.0. The lowest BCUT2D eigenvalue weighted by atomic mass is 9.93. The Morgan fingerprint density at radius 2 is 0.978 bits per heavy atom. The summed E-state index contributed by atoms with van der Waals surface area (Å²) in [5.41, 5.74) is 5.42. The number of aliphatic hydroxyl groups is 1. The number of aliphatic hydroxyl groups excluding tert-OH is 1. The van der Waals surface area contributed by atoms with Gasteiger partial charge in [-0.3, -0.25) is 0 Å². The molecule has 0 aliphatic carbocycles. The highest BCUT2D eigenvalue weighted by Crippen LogP contribution is 2.23. The van der Waals surface area contributed by atoms with Gasteiger partial charge < -0.3 is 33.6 Å². The Kier molecular flexibility index (Phi) is 20.8. The van der Waals surface area contributed by atoms with Crippen LogP contribution in [0.15, 0.2) is 128 Å². The Labute approximate surface area is 268 Å². The maximum Gasteiger partial charge on any atom is 0.131 e. The van der Waals surface area contributed by atoms with E-state index in [0.29, 0.717) is 46.2 Å². The van der Waals surface area contributed by atoms with Crippen LogP contribution in [0.3, 0.4) is 0 Å². The summed E-state index contributed by atoms with van der Waals surface area (Å²) in [5.74, 6) is -0.146. The molecule has 0 saturated heterocycles. The molecule has 0 saturated carbocycles. The minimum atomic E-state index is -0.146. The Hall–Kier alpha value is -4.11. The number of rotatable bonds is 17. The smallest absolute Gasteiger partial charge is 0.131 e. The highest BCUT2D eigenvalue weighted by Gasteiger charge is 2.11. The van der Waals surface area contributed by atoms with E-state index >= 15 is 0 Å². The zero-order valence-electron chi connectivity index (χ0n) is 26.3. The number of ether oxygens (including phenoxy) is 5. The van der Waals surface area contributed by atoms with E-state index < -0.39 is 0 Å². The topological polar surface area (TPSA) is 83.5 Å². The van der Waals surface area contributed by atoms with Gasteiger partial charge in [0.1, 0.15) is 12.9 Å². The Morgan fingerprint density at radius 1 is 0.578 bits per heavy atom. The molecule has 0 amide bonds. The van der Waals surface area contributed by atoms with Gasteiger partial charge in [0.25, 0.3) is 0 Å². The second-order valence-corrected chi connectivity index (χ2v) is 9.50. The Balaban J connectivity index is 0.000000264. The van der Waals surface area contributed by atoms with Crippen molar-refractivity contribution in [1.29, 1.82) is 0 Å². The number of carbonyl (C=O) groups is 1. The predicted octanol–water partition coefficient (Wildman–Crippen LogP) is 6.41. The average molecular weight is 615 g/mol. The highest BCUT2D eigenvalue weighted by molar-refractivity contribution is 5.79. The molecular weight excluding hydrogens is 568 g/mol. The second kappa shape index (κ2) is 25.2. The Bertz CT molecular complexity index is 1180. The summed E-state index contributed by atoms with van der Waals surface area (Å²) in [6, 6.07) is 40.1. The summed E-state index contributed by atoms with van der Waals surface area (Å²) in [6.07, 6.45) is 2.80. The van der Waals surface area contributed by atoms with Crippen molar-refractivity contribution in [1.82, 2.24) is 0 Å². The van der Waals surface area contributed by atoms with E-state index in [4.69, 9.17) is 24.1 Å². The van der Waals surface area contributed by atoms with Gasteiger partial charge in [-0.15, -0.1) is 0 Å². The standard InChI is InChI=1S/C19H22O3.C14H12O.C5H12O3/c1-20-12-13-21-14-15-22-16-19(17-8-4-2-5-9-17)18-10-6-3-7-11-18;15-11-14(12-7-3-1-4-8-12)13-9-5-2-6-10-13;1-7-4-5-8-3-2-6/h2-11,16H,12-15H2,1H3;1-11,14H;6H,2-5H2,1H3. The molecule has 7 nitrogen and oxygen atoms in total. The summed E-state index contributed by atoms with van der Waals surface area (Å²) in [6.45, 7) is 3.93. The first-order chi connectivity index (χ1) is 22.2. The van der Waals surface area contributed by atoms with Crippen LogP contribution in [-0.4, -0.2) is 78.5 Å². The number of hydrogen-bond acceptors (Lipinski definition) is 7. The molecule has 4 rings (SSSR count). The van der Waals surface area contributed by atoms with Crippen LogP contribution in [0.2, 0.25) is 0 Å². The lowest BCUT2D eigenvalue weighted by molar-refractivity contribution is -0.108. The van der Waals surface area contributed by atoms with Crippen molar-refractivity contribution in [2.45, 2.75) is 5.92 Å². The van der Waals surface area contributed by atoms with E-state index in [-0.39, 0.29) is 12.5 Å². The van der Waals surface area contributed by atoms with Crippen molar-refractivity contribution in [2.75, 3.05) is 67.1 Å². The average Bonchev–Trinajstić information content (AvgIpc) is 3.11. The fourth-order valence-corrected chi connectivity index (χ4v) is 4.01. The lowest BCUT2D eigenvalue weighted by Crippen LogP contribution is -2.06. The molecule has 7 heteroatoms. The van der Waals surface area contributed by atoms with Crippen molar-refractivity contribution < 1.29 is 33.6 Å². The maximum atomic E-state index is 11.1. The zero-order chi connectivity index (χ0) is 32.2. The van der Waals surface area contributed by atoms with E-state index in [0.717, 1.165) is 34.1 Å². The molecule has 0 aliphatic heterocycles. The molecular formula is C38H46O7. The first kappa shape index (κ1) is 37.1. The lowest BCUT2D eigenvalue weighted by Gasteiger charge is -2.10. The highest BCUT2D eigenvalue weighted by atomic mass is 16.5. The van der Waals surface area contributed by atoms with Gasteiger partial charge >= 0.3 is 0 Å². The monoisotopic (exact) mass is 614 g/mol. The van der Waals surface area contributed by atoms with Crippen LogP contribution in [0.5, 0.6) is 0 Å². The molecule has 240 valence electrons. The van der Waals surface area contributed by atoms with Crippen molar-refractivity contribution in [3.05, 3.63) is 150 Å². The summed E-state index contributed by atoms with van der Waals surface area (Å²) >= 11 is 0. The third-order valence-corrected chi connectivity index (χ3v) is 6.27. The molecule has 0 aromatic heterocycles. The summed E-state index contributed by atoms with van der Waals surface area (Å²) < 4.78 is 25.5. The molecule has 4 aromatic rings. The van der Waals surface area contributed by atoms with E-state index in [9.17, 15) is 4.79 Å². The third kappa shape index (κ3) is 16.0. The van der Waals surface area contributed by atoms with Crippen LogP contribution in [0.1, 0.15) is 28.2 Å². The van der Waals surface area contributed by atoms with Crippen LogP contribution in [0.25, 0.3) is 5.57 Å². The molecule has 0 spiro atoms. The molecule has 45 heavy (non-hydrogen) atoms. The number of carbonyl (C=O) groups excluding carboxylic acids is 1. The molecule has 0 bridgehead atoms. The zero-order valence-corrected chi connectivity index (χ0v) is 26.3. The van der Waals surface area contributed by atoms with Crippen molar-refractivity contribution in [3.63, 3.8) is 0 Å². The fourth-order valence-electron chi connectivity index (χ4n) is 4.01. The van der Waals surface area contributed by atoms with E-state index in [1.807, 2.05) is 103 Å². The van der Waals surface area contributed by atoms with Gasteiger partial charge in [-0.1, -0.05) is 121 Å². The summed E-state index contributed by atoms with van der Waals surface area (Å²) in [7, 11) is 3.27. The third-order valence-electron chi connectivity index (χ3n) is 6.27. The Morgan fingerprint density at radius 3 is 1.38 bits per heavy atom. The predicted molar refractivity (Wildman–Crippen MR) is 179 cm³/mol. The van der Waals surface area contributed by atoms with E-state index in [1.165, 1.54) is 0 Å². The van der Waals surface area contributed by atoms with E-state index in [1.54, 1.807) is 14.2 Å². The summed E-state index contributed by atoms with van der Waals surface area (Å²) in [4.78, 5) is 11.1. The van der Waals surface area contributed by atoms with Gasteiger partial charge in [0.05, 0.1) is 58.4 Å². The molecule has 0 heterocycles. The van der Waals surface area contributed by atoms with Gasteiger partial charge in [-0.2, -0.15) is 0 Å². The van der Waals surface area contributed by atoms with Crippen molar-refractivity contribution in [3.8, 4) is 0 Å². The molecule has 0 fully saturated rings. The first-order valence-electron chi connectivity index (χ1n) is 15.0. The van der Waals surface area contributed by atoms with Crippen LogP contribution < -0.4 is 0 Å². The molecule has 1 N–H and O–H groups in total. The second-order valence-electron chi connectivity index (χ2n) is 9.50. The van der Waals surface area contributed by atoms with Gasteiger partial charge in [0.15, 0.2) is 0 Å². The number of methoxy groups -OCH3 is 2. The number of hydrogen-bond donors (Lipinski definition) is 1. The minimum Gasteiger partial charge on any atom is -0.498 e. The number of aldehydes is 1. The number of benzene rings is 4. The van der Waals surface area contributed by atoms with Crippen molar-refractivity contribution in [2.24, 2.45) is 0 Å². The van der Waals surface area contributed by atoms with Crippen LogP contribution >= 0.6 is 0 Å². The molecule has 0 atom stereocenters. The summed E-state index contributed by atoms with van der Waals surface area (Å²) in [5, 5.41) is 8.20. The van der Waals surface area contributed by atoms with Gasteiger partial charge in [-0.05, 0) is 22.3 Å². The molecule has 0 unspecified atom stereocenters. The molecule has 0 radical (unpaired) electrons. The largest absolute Gasteiger partial charge is 0.498 e. The fraction of sp³-hybridized carbons (Fsp3) is 0.289. The van der Waals surface area contributed by atoms with Crippen LogP contribution in [-0.2, 0) is 28.5 Å². The maximum absolute atomic E-state index is 11.1. The quantitative estimate of drug-likeness (QED) is 0.0836. The van der Waals surface area contributed by atoms with Gasteiger partial charge in [-0.25, -0.2) is 0 Å². The minimum absolute atomic E-state index is 0.0870. The SMILES string of the molecule is COCCOCCO.COCCOCCOC=C(c1ccccc1)c1ccccc1.O=CC(c1ccccc1)c1ccccc1. The van der Waals surface area contributed by atoms with Crippen LogP contribution in [0.4, 0.5) is 0 Å².